The molecule has 0 aromatic heterocycles. The first-order chi connectivity index (χ1) is 8.41. The van der Waals surface area contributed by atoms with E-state index in [4.69, 9.17) is 4.74 Å². The second kappa shape index (κ2) is 6.14. The molecule has 1 aliphatic rings. The van der Waals surface area contributed by atoms with Gasteiger partial charge in [-0.15, -0.1) is 0 Å². The Hall–Kier alpha value is -1.15. The van der Waals surface area contributed by atoms with Crippen LogP contribution in [0.25, 0.3) is 0 Å². The van der Waals surface area contributed by atoms with E-state index in [0.717, 1.165) is 0 Å². The smallest absolute Gasteiger partial charge is 0.312 e. The summed E-state index contributed by atoms with van der Waals surface area (Å²) in [7, 11) is -0.257. The van der Waals surface area contributed by atoms with Crippen LogP contribution in [0.15, 0.2) is 0 Å². The number of carbonyl (C=O) groups excluding carboxylic acids is 2. The Morgan fingerprint density at radius 2 is 2.11 bits per heavy atom. The molecule has 0 aliphatic carbocycles. The molecule has 1 N–H and O–H groups in total. The van der Waals surface area contributed by atoms with E-state index >= 15 is 0 Å². The lowest BCUT2D eigenvalue weighted by molar-refractivity contribution is -0.147. The van der Waals surface area contributed by atoms with Crippen LogP contribution in [0.2, 0.25) is 0 Å². The number of hydrogen-bond donors (Lipinski definition) is 1. The molecule has 7 nitrogen and oxygen atoms in total. The van der Waals surface area contributed by atoms with Gasteiger partial charge in [0, 0.05) is 26.7 Å². The Balaban J connectivity index is 2.79. The number of likely N-dealkylation sites (N-methyl/N-ethyl adjacent to an activating group) is 1. The van der Waals surface area contributed by atoms with Crippen LogP contribution in [-0.2, 0) is 24.2 Å². The van der Waals surface area contributed by atoms with Crippen LogP contribution in [0.4, 0.5) is 0 Å². The topological polar surface area (TPSA) is 92.8 Å². The van der Waals surface area contributed by atoms with Crippen molar-refractivity contribution >= 4 is 21.7 Å². The minimum absolute atomic E-state index is 0.0577. The van der Waals surface area contributed by atoms with E-state index in [0.29, 0.717) is 6.42 Å². The van der Waals surface area contributed by atoms with Gasteiger partial charge in [-0.1, -0.05) is 0 Å². The fourth-order valence-electron chi connectivity index (χ4n) is 1.90. The van der Waals surface area contributed by atoms with Crippen molar-refractivity contribution in [3.8, 4) is 0 Å². The number of carbonyl (C=O) groups is 2. The molecule has 2 amide bonds. The van der Waals surface area contributed by atoms with Gasteiger partial charge in [-0.3, -0.25) is 9.59 Å². The maximum Gasteiger partial charge on any atom is 0.312 e. The summed E-state index contributed by atoms with van der Waals surface area (Å²) in [5.74, 6) is -1.48. The largest absolute Gasteiger partial charge is 0.383 e. The first kappa shape index (κ1) is 14.9. The highest BCUT2D eigenvalue weighted by atomic mass is 32.2. The quantitative estimate of drug-likeness (QED) is 0.625. The molecular weight excluding hydrogens is 260 g/mol. The lowest BCUT2D eigenvalue weighted by Crippen LogP contribution is -2.49. The number of nitrogens with zero attached hydrogens (tertiary/aromatic N) is 1. The average molecular weight is 278 g/mol. The Labute approximate surface area is 106 Å². The summed E-state index contributed by atoms with van der Waals surface area (Å²) in [5, 5.41) is 2.25. The van der Waals surface area contributed by atoms with Crippen molar-refractivity contribution in [2.45, 2.75) is 12.5 Å². The molecule has 0 bridgehead atoms. The lowest BCUT2D eigenvalue weighted by Gasteiger charge is -2.27. The van der Waals surface area contributed by atoms with Crippen molar-refractivity contribution in [3.63, 3.8) is 0 Å². The summed E-state index contributed by atoms with van der Waals surface area (Å²) in [6.45, 7) is 0.474. The lowest BCUT2D eigenvalue weighted by atomic mass is 10.2. The molecule has 1 aliphatic heterocycles. The Morgan fingerprint density at radius 3 is 2.56 bits per heavy atom. The highest BCUT2D eigenvalue weighted by molar-refractivity contribution is 7.91. The van der Waals surface area contributed by atoms with Gasteiger partial charge >= 0.3 is 11.8 Å². The summed E-state index contributed by atoms with van der Waals surface area (Å²) in [6, 6.07) is -0.435. The fourth-order valence-corrected chi connectivity index (χ4v) is 3.63. The fraction of sp³-hybridized carbons (Fsp3) is 0.800. The number of methoxy groups -OCH3 is 1. The summed E-state index contributed by atoms with van der Waals surface area (Å²) in [4.78, 5) is 24.5. The monoisotopic (exact) mass is 278 g/mol. The van der Waals surface area contributed by atoms with E-state index in [-0.39, 0.29) is 24.7 Å². The van der Waals surface area contributed by atoms with Gasteiger partial charge in [0.05, 0.1) is 18.1 Å². The van der Waals surface area contributed by atoms with Crippen LogP contribution in [-0.4, -0.2) is 70.0 Å². The van der Waals surface area contributed by atoms with Gasteiger partial charge in [0.2, 0.25) is 0 Å². The highest BCUT2D eigenvalue weighted by Gasteiger charge is 2.36. The van der Waals surface area contributed by atoms with Crippen molar-refractivity contribution in [1.82, 2.24) is 10.2 Å². The molecule has 104 valence electrons. The van der Waals surface area contributed by atoms with Crippen LogP contribution < -0.4 is 5.32 Å². The summed E-state index contributed by atoms with van der Waals surface area (Å²) < 4.78 is 27.7. The number of hydrogen-bond acceptors (Lipinski definition) is 5. The molecule has 8 heteroatoms. The molecule has 1 fully saturated rings. The zero-order chi connectivity index (χ0) is 13.8. The number of ether oxygens (including phenoxy) is 1. The normalized spacial score (nSPS) is 21.6. The van der Waals surface area contributed by atoms with E-state index in [2.05, 4.69) is 5.32 Å². The molecule has 0 spiro atoms. The molecule has 1 unspecified atom stereocenters. The Kier molecular flexibility index (Phi) is 5.09. The zero-order valence-corrected chi connectivity index (χ0v) is 11.3. The van der Waals surface area contributed by atoms with E-state index in [1.54, 1.807) is 0 Å². The van der Waals surface area contributed by atoms with Gasteiger partial charge in [-0.25, -0.2) is 8.42 Å². The van der Waals surface area contributed by atoms with Crippen LogP contribution in [0, 0.1) is 0 Å². The Bertz CT molecular complexity index is 420. The Morgan fingerprint density at radius 1 is 1.44 bits per heavy atom. The summed E-state index contributed by atoms with van der Waals surface area (Å²) in [6.07, 6.45) is 0.370. The van der Waals surface area contributed by atoms with Crippen molar-refractivity contribution in [3.05, 3.63) is 0 Å². The van der Waals surface area contributed by atoms with E-state index in [9.17, 15) is 18.0 Å². The van der Waals surface area contributed by atoms with Gasteiger partial charge in [0.1, 0.15) is 0 Å². The van der Waals surface area contributed by atoms with Crippen LogP contribution in [0.1, 0.15) is 6.42 Å². The molecule has 0 aromatic carbocycles. The molecule has 1 saturated heterocycles. The van der Waals surface area contributed by atoms with Crippen molar-refractivity contribution in [2.24, 2.45) is 0 Å². The summed E-state index contributed by atoms with van der Waals surface area (Å²) in [5.41, 5.74) is 0. The molecular formula is C10H18N2O5S. The maximum atomic E-state index is 11.8. The summed E-state index contributed by atoms with van der Waals surface area (Å²) >= 11 is 0. The third-order valence-corrected chi connectivity index (χ3v) is 4.62. The van der Waals surface area contributed by atoms with E-state index < -0.39 is 27.7 Å². The molecule has 0 radical (unpaired) electrons. The standard InChI is InChI=1S/C10H18N2O5S/c1-11-9(13)10(14)12(4-5-17-2)8-3-6-18(15,16)7-8/h8H,3-7H2,1-2H3,(H,11,13). The minimum Gasteiger partial charge on any atom is -0.383 e. The molecule has 1 rings (SSSR count). The maximum absolute atomic E-state index is 11.8. The van der Waals surface area contributed by atoms with Crippen LogP contribution in [0.5, 0.6) is 0 Å². The van der Waals surface area contributed by atoms with Gasteiger partial charge in [-0.05, 0) is 6.42 Å². The van der Waals surface area contributed by atoms with Crippen LogP contribution >= 0.6 is 0 Å². The second-order valence-electron chi connectivity index (χ2n) is 4.13. The first-order valence-electron chi connectivity index (χ1n) is 5.63. The van der Waals surface area contributed by atoms with Crippen molar-refractivity contribution in [2.75, 3.05) is 38.8 Å². The van der Waals surface area contributed by atoms with Gasteiger partial charge in [0.25, 0.3) is 0 Å². The van der Waals surface area contributed by atoms with Crippen molar-refractivity contribution in [1.29, 1.82) is 0 Å². The number of rotatable bonds is 4. The van der Waals surface area contributed by atoms with Crippen LogP contribution in [0.3, 0.4) is 0 Å². The first-order valence-corrected chi connectivity index (χ1v) is 7.45. The highest BCUT2D eigenvalue weighted by Crippen LogP contribution is 2.17. The molecule has 1 atom stereocenters. The zero-order valence-electron chi connectivity index (χ0n) is 10.5. The molecule has 1 heterocycles. The molecule has 0 aromatic rings. The number of sulfone groups is 1. The number of nitrogens with one attached hydrogen (secondary N) is 1. The van der Waals surface area contributed by atoms with Gasteiger partial charge in [0.15, 0.2) is 9.84 Å². The van der Waals surface area contributed by atoms with E-state index in [1.165, 1.54) is 19.1 Å². The number of amides is 2. The van der Waals surface area contributed by atoms with Gasteiger partial charge in [-0.2, -0.15) is 0 Å². The minimum atomic E-state index is -3.10. The van der Waals surface area contributed by atoms with E-state index in [1.807, 2.05) is 0 Å². The predicted octanol–water partition coefficient (Wildman–Crippen LogP) is -1.61. The predicted molar refractivity (Wildman–Crippen MR) is 64.7 cm³/mol. The second-order valence-corrected chi connectivity index (χ2v) is 6.36. The average Bonchev–Trinajstić information content (AvgIpc) is 2.68. The third-order valence-electron chi connectivity index (χ3n) is 2.87. The third kappa shape index (κ3) is 3.67. The van der Waals surface area contributed by atoms with Crippen molar-refractivity contribution < 1.29 is 22.7 Å². The molecule has 18 heavy (non-hydrogen) atoms. The SMILES string of the molecule is CNC(=O)C(=O)N(CCOC)C1CCS(=O)(=O)C1. The molecule has 0 saturated carbocycles. The van der Waals surface area contributed by atoms with Gasteiger partial charge < -0.3 is 15.0 Å².